The van der Waals surface area contributed by atoms with Crippen LogP contribution in [0.3, 0.4) is 0 Å². The van der Waals surface area contributed by atoms with Crippen LogP contribution in [-0.4, -0.2) is 18.8 Å². The molecule has 0 unspecified atom stereocenters. The lowest BCUT2D eigenvalue weighted by Crippen LogP contribution is -2.31. The van der Waals surface area contributed by atoms with Gasteiger partial charge < -0.3 is 10.1 Å². The summed E-state index contributed by atoms with van der Waals surface area (Å²) in [5, 5.41) is 3.06. The van der Waals surface area contributed by atoms with Crippen LogP contribution in [0.1, 0.15) is 51.7 Å². The van der Waals surface area contributed by atoms with Crippen molar-refractivity contribution < 1.29 is 14.3 Å². The number of hydrogen-bond acceptors (Lipinski definition) is 4. The maximum absolute atomic E-state index is 12.5. The van der Waals surface area contributed by atoms with Crippen LogP contribution in [0.25, 0.3) is 0 Å². The minimum atomic E-state index is -0.156. The third-order valence-electron chi connectivity index (χ3n) is 3.60. The van der Waals surface area contributed by atoms with E-state index in [1.807, 2.05) is 24.3 Å². The van der Waals surface area contributed by atoms with Crippen LogP contribution >= 0.6 is 11.3 Å². The largest absolute Gasteiger partial charge is 0.497 e. The number of ether oxygens (including phenoxy) is 1. The van der Waals surface area contributed by atoms with E-state index in [9.17, 15) is 9.59 Å². The lowest BCUT2D eigenvalue weighted by molar-refractivity contribution is 0.0929. The van der Waals surface area contributed by atoms with Crippen molar-refractivity contribution in [2.75, 3.05) is 7.11 Å². The number of carbonyl (C=O) groups is 2. The Labute approximate surface area is 140 Å². The van der Waals surface area contributed by atoms with Crippen LogP contribution in [0.4, 0.5) is 0 Å². The molecule has 1 atom stereocenters. The van der Waals surface area contributed by atoms with E-state index in [4.69, 9.17) is 4.74 Å². The van der Waals surface area contributed by atoms with Crippen molar-refractivity contribution in [2.45, 2.75) is 26.8 Å². The number of amides is 1. The molecule has 0 bridgehead atoms. The van der Waals surface area contributed by atoms with Crippen LogP contribution in [0.2, 0.25) is 0 Å². The zero-order valence-corrected chi connectivity index (χ0v) is 14.6. The summed E-state index contributed by atoms with van der Waals surface area (Å²) in [6, 6.07) is 11.0. The van der Waals surface area contributed by atoms with Gasteiger partial charge >= 0.3 is 0 Å². The predicted octanol–water partition coefficient (Wildman–Crippen LogP) is 4.09. The molecular weight excluding hydrogens is 310 g/mol. The van der Waals surface area contributed by atoms with E-state index in [1.165, 1.54) is 18.3 Å². The normalized spacial score (nSPS) is 12.0. The molecule has 4 nitrogen and oxygen atoms in total. The summed E-state index contributed by atoms with van der Waals surface area (Å²) in [6.45, 7) is 5.62. The molecule has 1 N–H and O–H groups in total. The van der Waals surface area contributed by atoms with Gasteiger partial charge in [0.05, 0.1) is 22.9 Å². The Morgan fingerprint density at radius 1 is 1.04 bits per heavy atom. The number of ketones is 1. The Morgan fingerprint density at radius 3 is 2.13 bits per heavy atom. The van der Waals surface area contributed by atoms with Crippen molar-refractivity contribution in [1.29, 1.82) is 0 Å². The van der Waals surface area contributed by atoms with Gasteiger partial charge in [-0.3, -0.25) is 9.59 Å². The van der Waals surface area contributed by atoms with Crippen LogP contribution in [0.5, 0.6) is 5.75 Å². The lowest BCUT2D eigenvalue weighted by atomic mass is 9.96. The Hall–Kier alpha value is -2.14. The van der Waals surface area contributed by atoms with E-state index in [2.05, 4.69) is 19.2 Å². The van der Waals surface area contributed by atoms with Crippen molar-refractivity contribution in [1.82, 2.24) is 5.32 Å². The number of rotatable bonds is 6. The van der Waals surface area contributed by atoms with E-state index in [0.29, 0.717) is 9.75 Å². The standard InChI is InChI=1S/C18H21NO3S/c1-11(2)17(13-5-7-14(22-4)8-6-13)19-18(21)16-10-9-15(23-16)12(3)20/h5-11,17H,1-4H3,(H,19,21)/t17-/m0/s1. The maximum Gasteiger partial charge on any atom is 0.261 e. The second kappa shape index (κ2) is 7.42. The van der Waals surface area contributed by atoms with Gasteiger partial charge in [0.15, 0.2) is 5.78 Å². The van der Waals surface area contributed by atoms with Gasteiger partial charge in [0, 0.05) is 0 Å². The molecule has 0 fully saturated rings. The Bertz CT molecular complexity index is 689. The number of hydrogen-bond donors (Lipinski definition) is 1. The second-order valence-electron chi connectivity index (χ2n) is 5.69. The second-order valence-corrected chi connectivity index (χ2v) is 6.77. The summed E-state index contributed by atoms with van der Waals surface area (Å²) in [6.07, 6.45) is 0. The van der Waals surface area contributed by atoms with Crippen LogP contribution < -0.4 is 10.1 Å². The molecule has 23 heavy (non-hydrogen) atoms. The van der Waals surface area contributed by atoms with Crippen molar-refractivity contribution in [3.05, 3.63) is 51.7 Å². The van der Waals surface area contributed by atoms with Gasteiger partial charge in [-0.1, -0.05) is 26.0 Å². The molecular formula is C18H21NO3S. The molecule has 0 aliphatic rings. The molecule has 1 aromatic heterocycles. The smallest absolute Gasteiger partial charge is 0.261 e. The zero-order valence-electron chi connectivity index (χ0n) is 13.8. The van der Waals surface area contributed by atoms with E-state index in [0.717, 1.165) is 11.3 Å². The average molecular weight is 331 g/mol. The number of Topliss-reactive ketones (excluding diaryl/α,β-unsaturated/α-hetero) is 1. The molecule has 0 aliphatic heterocycles. The first-order valence-electron chi connectivity index (χ1n) is 7.48. The number of methoxy groups -OCH3 is 1. The summed E-state index contributed by atoms with van der Waals surface area (Å²) in [5.41, 5.74) is 1.03. The summed E-state index contributed by atoms with van der Waals surface area (Å²) in [4.78, 5) is 25.0. The van der Waals surface area contributed by atoms with Crippen molar-refractivity contribution in [3.63, 3.8) is 0 Å². The SMILES string of the molecule is COc1ccc([C@@H](NC(=O)c2ccc(C(C)=O)s2)C(C)C)cc1. The summed E-state index contributed by atoms with van der Waals surface area (Å²) >= 11 is 1.22. The quantitative estimate of drug-likeness (QED) is 0.811. The molecule has 5 heteroatoms. The molecule has 0 saturated heterocycles. The summed E-state index contributed by atoms with van der Waals surface area (Å²) in [7, 11) is 1.63. The Morgan fingerprint density at radius 2 is 1.65 bits per heavy atom. The third-order valence-corrected chi connectivity index (χ3v) is 4.79. The van der Waals surface area contributed by atoms with Gasteiger partial charge in [-0.05, 0) is 42.7 Å². The summed E-state index contributed by atoms with van der Waals surface area (Å²) in [5.74, 6) is 0.841. The van der Waals surface area contributed by atoms with E-state index in [-0.39, 0.29) is 23.7 Å². The fraction of sp³-hybridized carbons (Fsp3) is 0.333. The summed E-state index contributed by atoms with van der Waals surface area (Å²) < 4.78 is 5.17. The highest BCUT2D eigenvalue weighted by Crippen LogP contribution is 2.25. The van der Waals surface area contributed by atoms with E-state index >= 15 is 0 Å². The van der Waals surface area contributed by atoms with Gasteiger partial charge in [-0.25, -0.2) is 0 Å². The maximum atomic E-state index is 12.5. The minimum Gasteiger partial charge on any atom is -0.497 e. The van der Waals surface area contributed by atoms with E-state index < -0.39 is 0 Å². The van der Waals surface area contributed by atoms with Crippen LogP contribution in [-0.2, 0) is 0 Å². The van der Waals surface area contributed by atoms with Gasteiger partial charge in [-0.2, -0.15) is 0 Å². The highest BCUT2D eigenvalue weighted by atomic mass is 32.1. The fourth-order valence-corrected chi connectivity index (χ4v) is 3.11. The average Bonchev–Trinajstić information content (AvgIpc) is 3.02. The first-order chi connectivity index (χ1) is 10.9. The molecule has 0 radical (unpaired) electrons. The van der Waals surface area contributed by atoms with Crippen LogP contribution in [0.15, 0.2) is 36.4 Å². The van der Waals surface area contributed by atoms with E-state index in [1.54, 1.807) is 19.2 Å². The Balaban J connectivity index is 2.17. The fourth-order valence-electron chi connectivity index (χ4n) is 2.31. The molecule has 2 aromatic rings. The van der Waals surface area contributed by atoms with Crippen molar-refractivity contribution in [2.24, 2.45) is 5.92 Å². The molecule has 0 spiro atoms. The predicted molar refractivity (Wildman–Crippen MR) is 92.4 cm³/mol. The third kappa shape index (κ3) is 4.20. The molecule has 2 rings (SSSR count). The number of carbonyl (C=O) groups excluding carboxylic acids is 2. The molecule has 1 aromatic carbocycles. The number of benzene rings is 1. The van der Waals surface area contributed by atoms with Crippen LogP contribution in [0, 0.1) is 5.92 Å². The number of nitrogens with one attached hydrogen (secondary N) is 1. The van der Waals surface area contributed by atoms with Crippen molar-refractivity contribution >= 4 is 23.0 Å². The van der Waals surface area contributed by atoms with Gasteiger partial charge in [0.2, 0.25) is 0 Å². The molecule has 0 saturated carbocycles. The monoisotopic (exact) mass is 331 g/mol. The lowest BCUT2D eigenvalue weighted by Gasteiger charge is -2.23. The van der Waals surface area contributed by atoms with Gasteiger partial charge in [0.1, 0.15) is 5.75 Å². The Kier molecular flexibility index (Phi) is 5.55. The first-order valence-corrected chi connectivity index (χ1v) is 8.29. The van der Waals surface area contributed by atoms with Crippen molar-refractivity contribution in [3.8, 4) is 5.75 Å². The minimum absolute atomic E-state index is 0.0235. The topological polar surface area (TPSA) is 55.4 Å². The number of thiophene rings is 1. The zero-order chi connectivity index (χ0) is 17.0. The van der Waals surface area contributed by atoms with Gasteiger partial charge in [0.25, 0.3) is 5.91 Å². The highest BCUT2D eigenvalue weighted by molar-refractivity contribution is 7.15. The van der Waals surface area contributed by atoms with Gasteiger partial charge in [-0.15, -0.1) is 11.3 Å². The molecule has 1 amide bonds. The molecule has 122 valence electrons. The molecule has 0 aliphatic carbocycles. The highest BCUT2D eigenvalue weighted by Gasteiger charge is 2.20. The molecule has 1 heterocycles. The first kappa shape index (κ1) is 17.2.